The zero-order valence-corrected chi connectivity index (χ0v) is 8.54. The van der Waals surface area contributed by atoms with Gasteiger partial charge in [-0.1, -0.05) is 6.07 Å². The number of nitrogens with one attached hydrogen (secondary N) is 1. The van der Waals surface area contributed by atoms with Crippen LogP contribution in [0.25, 0.3) is 10.9 Å². The van der Waals surface area contributed by atoms with Gasteiger partial charge in [-0.25, -0.2) is 4.98 Å². The quantitative estimate of drug-likeness (QED) is 0.783. The molecule has 0 radical (unpaired) electrons. The van der Waals surface area contributed by atoms with E-state index >= 15 is 0 Å². The van der Waals surface area contributed by atoms with Gasteiger partial charge < -0.3 is 4.98 Å². The van der Waals surface area contributed by atoms with Gasteiger partial charge in [-0.05, 0) is 28.1 Å². The Kier molecular flexibility index (Phi) is 2.17. The van der Waals surface area contributed by atoms with Gasteiger partial charge in [0.25, 0.3) is 5.56 Å². The molecule has 2 rings (SSSR count). The molecule has 1 heterocycles. The van der Waals surface area contributed by atoms with Crippen LogP contribution in [-0.4, -0.2) is 16.3 Å². The fraction of sp³-hybridized carbons (Fsp3) is 0. The molecular weight excluding hydrogens is 248 g/mol. The van der Waals surface area contributed by atoms with Crippen molar-refractivity contribution in [2.24, 2.45) is 0 Å². The highest BCUT2D eigenvalue weighted by molar-refractivity contribution is 9.10. The van der Waals surface area contributed by atoms with Gasteiger partial charge in [0.1, 0.15) is 0 Å². The van der Waals surface area contributed by atoms with Crippen molar-refractivity contribution in [3.8, 4) is 0 Å². The van der Waals surface area contributed by atoms with Crippen molar-refractivity contribution in [2.75, 3.05) is 0 Å². The normalized spacial score (nSPS) is 10.4. The molecule has 1 aromatic carbocycles. The molecule has 0 amide bonds. The molecule has 14 heavy (non-hydrogen) atoms. The number of para-hydroxylation sites is 1. The molecular formula is C9H5BrN2O2. The number of carbonyl (C=O) groups excluding carboxylic acids is 1. The molecule has 5 heteroatoms. The monoisotopic (exact) mass is 252 g/mol. The van der Waals surface area contributed by atoms with E-state index in [-0.39, 0.29) is 11.4 Å². The van der Waals surface area contributed by atoms with Crippen LogP contribution >= 0.6 is 15.9 Å². The summed E-state index contributed by atoms with van der Waals surface area (Å²) >= 11 is 3.26. The number of aromatic nitrogens is 2. The minimum atomic E-state index is -0.307. The number of nitrogens with zero attached hydrogens (tertiary/aromatic N) is 1. The lowest BCUT2D eigenvalue weighted by Gasteiger charge is -1.98. The van der Waals surface area contributed by atoms with Crippen LogP contribution in [0, 0.1) is 0 Å². The van der Waals surface area contributed by atoms with E-state index in [1.807, 2.05) is 0 Å². The fourth-order valence-electron chi connectivity index (χ4n) is 1.20. The van der Waals surface area contributed by atoms with Gasteiger partial charge >= 0.3 is 0 Å². The zero-order chi connectivity index (χ0) is 10.1. The Balaban J connectivity index is 2.97. The SMILES string of the molecule is O=Cc1nc2c(Br)cccc2c(=O)[nH]1. The van der Waals surface area contributed by atoms with Crippen LogP contribution in [0.5, 0.6) is 0 Å². The van der Waals surface area contributed by atoms with Crippen LogP contribution in [-0.2, 0) is 0 Å². The van der Waals surface area contributed by atoms with E-state index < -0.39 is 0 Å². The van der Waals surface area contributed by atoms with Crippen molar-refractivity contribution in [1.82, 2.24) is 9.97 Å². The van der Waals surface area contributed by atoms with Crippen molar-refractivity contribution in [3.63, 3.8) is 0 Å². The lowest BCUT2D eigenvalue weighted by Crippen LogP contribution is -2.11. The van der Waals surface area contributed by atoms with E-state index in [2.05, 4.69) is 25.9 Å². The average Bonchev–Trinajstić information content (AvgIpc) is 2.19. The van der Waals surface area contributed by atoms with Crippen molar-refractivity contribution >= 4 is 33.1 Å². The number of halogens is 1. The predicted molar refractivity (Wildman–Crippen MR) is 55.5 cm³/mol. The van der Waals surface area contributed by atoms with Gasteiger partial charge in [0.15, 0.2) is 12.1 Å². The topological polar surface area (TPSA) is 62.8 Å². The molecule has 2 aromatic rings. The second-order valence-corrected chi connectivity index (χ2v) is 3.56. The minimum absolute atomic E-state index is 0.0365. The molecule has 4 nitrogen and oxygen atoms in total. The Bertz CT molecular complexity index is 562. The van der Waals surface area contributed by atoms with E-state index in [4.69, 9.17) is 0 Å². The Morgan fingerprint density at radius 3 is 2.93 bits per heavy atom. The van der Waals surface area contributed by atoms with Crippen molar-refractivity contribution in [3.05, 3.63) is 38.9 Å². The number of aldehydes is 1. The van der Waals surface area contributed by atoms with E-state index in [0.29, 0.717) is 21.7 Å². The molecule has 70 valence electrons. The predicted octanol–water partition coefficient (Wildman–Crippen LogP) is 1.50. The van der Waals surface area contributed by atoms with E-state index in [1.165, 1.54) is 0 Å². The first-order valence-electron chi connectivity index (χ1n) is 3.86. The van der Waals surface area contributed by atoms with Crippen molar-refractivity contribution in [1.29, 1.82) is 0 Å². The third-order valence-corrected chi connectivity index (χ3v) is 2.46. The molecule has 1 aromatic heterocycles. The molecule has 0 atom stereocenters. The molecule has 0 saturated heterocycles. The molecule has 0 aliphatic rings. The number of carbonyl (C=O) groups is 1. The summed E-state index contributed by atoms with van der Waals surface area (Å²) in [5, 5.41) is 0.463. The molecule has 0 spiro atoms. The Morgan fingerprint density at radius 1 is 1.43 bits per heavy atom. The van der Waals surface area contributed by atoms with E-state index in [1.54, 1.807) is 18.2 Å². The first-order chi connectivity index (χ1) is 6.72. The minimum Gasteiger partial charge on any atom is -0.304 e. The molecule has 0 fully saturated rings. The second-order valence-electron chi connectivity index (χ2n) is 2.71. The average molecular weight is 253 g/mol. The Labute approximate surface area is 87.1 Å². The molecule has 0 unspecified atom stereocenters. The van der Waals surface area contributed by atoms with Gasteiger partial charge in [-0.3, -0.25) is 9.59 Å². The number of H-pyrrole nitrogens is 1. The van der Waals surface area contributed by atoms with Crippen molar-refractivity contribution in [2.45, 2.75) is 0 Å². The Morgan fingerprint density at radius 2 is 2.21 bits per heavy atom. The largest absolute Gasteiger partial charge is 0.304 e. The molecule has 1 N–H and O–H groups in total. The smallest absolute Gasteiger partial charge is 0.259 e. The van der Waals surface area contributed by atoms with E-state index in [0.717, 1.165) is 0 Å². The van der Waals surface area contributed by atoms with Gasteiger partial charge in [0, 0.05) is 4.47 Å². The molecule has 0 aliphatic carbocycles. The lowest BCUT2D eigenvalue weighted by atomic mass is 10.2. The number of aromatic amines is 1. The van der Waals surface area contributed by atoms with Crippen LogP contribution in [0.4, 0.5) is 0 Å². The summed E-state index contributed by atoms with van der Waals surface area (Å²) in [6.07, 6.45) is 0.514. The summed E-state index contributed by atoms with van der Waals surface area (Å²) in [7, 11) is 0. The van der Waals surface area contributed by atoms with Crippen LogP contribution in [0.1, 0.15) is 10.6 Å². The van der Waals surface area contributed by atoms with Crippen LogP contribution in [0.15, 0.2) is 27.5 Å². The lowest BCUT2D eigenvalue weighted by molar-refractivity contribution is 0.111. The summed E-state index contributed by atoms with van der Waals surface area (Å²) < 4.78 is 0.698. The number of fused-ring (bicyclic) bond motifs is 1. The number of hydrogen-bond acceptors (Lipinski definition) is 3. The Hall–Kier alpha value is -1.49. The number of hydrogen-bond donors (Lipinski definition) is 1. The highest BCUT2D eigenvalue weighted by Gasteiger charge is 2.05. The third-order valence-electron chi connectivity index (χ3n) is 1.82. The summed E-state index contributed by atoms with van der Waals surface area (Å²) in [6, 6.07) is 5.16. The molecule has 0 saturated carbocycles. The molecule has 0 bridgehead atoms. The summed E-state index contributed by atoms with van der Waals surface area (Å²) in [4.78, 5) is 28.3. The third kappa shape index (κ3) is 1.35. The maximum atomic E-state index is 11.4. The highest BCUT2D eigenvalue weighted by Crippen LogP contribution is 2.18. The maximum absolute atomic E-state index is 11.4. The number of benzene rings is 1. The first kappa shape index (κ1) is 9.08. The van der Waals surface area contributed by atoms with Crippen molar-refractivity contribution < 1.29 is 4.79 Å². The number of rotatable bonds is 1. The van der Waals surface area contributed by atoms with Gasteiger partial charge in [0.05, 0.1) is 10.9 Å². The fourth-order valence-corrected chi connectivity index (χ4v) is 1.65. The van der Waals surface area contributed by atoms with Crippen LogP contribution in [0.2, 0.25) is 0 Å². The van der Waals surface area contributed by atoms with Gasteiger partial charge in [-0.15, -0.1) is 0 Å². The summed E-state index contributed by atoms with van der Waals surface area (Å²) in [6.45, 7) is 0. The van der Waals surface area contributed by atoms with E-state index in [9.17, 15) is 9.59 Å². The maximum Gasteiger partial charge on any atom is 0.259 e. The molecule has 0 aliphatic heterocycles. The van der Waals surface area contributed by atoms with Gasteiger partial charge in [0.2, 0.25) is 0 Å². The summed E-state index contributed by atoms with van der Waals surface area (Å²) in [5.74, 6) is 0.0365. The standard InChI is InChI=1S/C9H5BrN2O2/c10-6-3-1-2-5-8(6)11-7(4-13)12-9(5)14/h1-4H,(H,11,12,14). The highest BCUT2D eigenvalue weighted by atomic mass is 79.9. The van der Waals surface area contributed by atoms with Crippen LogP contribution < -0.4 is 5.56 Å². The summed E-state index contributed by atoms with van der Waals surface area (Å²) in [5.41, 5.74) is 0.191. The first-order valence-corrected chi connectivity index (χ1v) is 4.65. The zero-order valence-electron chi connectivity index (χ0n) is 6.95. The van der Waals surface area contributed by atoms with Crippen LogP contribution in [0.3, 0.4) is 0 Å². The second kappa shape index (κ2) is 3.34. The van der Waals surface area contributed by atoms with Gasteiger partial charge in [-0.2, -0.15) is 0 Å².